The maximum atomic E-state index is 11.6. The molecule has 0 radical (unpaired) electrons. The van der Waals surface area contributed by atoms with Crippen molar-refractivity contribution in [3.05, 3.63) is 11.9 Å². The van der Waals surface area contributed by atoms with Gasteiger partial charge in [0.15, 0.2) is 0 Å². The van der Waals surface area contributed by atoms with E-state index in [9.17, 15) is 4.79 Å². The molecule has 0 unspecified atom stereocenters. The quantitative estimate of drug-likeness (QED) is 0.617. The maximum Gasteiger partial charge on any atom is 0.271 e. The fraction of sp³-hybridized carbons (Fsp3) is 0.636. The molecule has 0 saturated carbocycles. The lowest BCUT2D eigenvalue weighted by molar-refractivity contribution is 0.0949. The molecule has 0 spiro atoms. The number of aromatic nitrogens is 2. The van der Waals surface area contributed by atoms with Crippen LogP contribution < -0.4 is 11.1 Å². The van der Waals surface area contributed by atoms with Crippen molar-refractivity contribution in [1.82, 2.24) is 15.5 Å². The van der Waals surface area contributed by atoms with E-state index in [4.69, 9.17) is 5.73 Å². The summed E-state index contributed by atoms with van der Waals surface area (Å²) in [5.74, 6) is 1.04. The van der Waals surface area contributed by atoms with Crippen LogP contribution in [0, 0.1) is 0 Å². The number of aromatic amines is 1. The molecule has 1 amide bonds. The lowest BCUT2D eigenvalue weighted by Crippen LogP contribution is -2.25. The Balaban J connectivity index is 2.07. The normalized spacial score (nSPS) is 10.4. The number of anilines is 1. The Morgan fingerprint density at radius 3 is 2.88 bits per heavy atom. The van der Waals surface area contributed by atoms with Gasteiger partial charge in [0.25, 0.3) is 5.91 Å². The largest absolute Gasteiger partial charge is 0.396 e. The van der Waals surface area contributed by atoms with Crippen molar-refractivity contribution < 1.29 is 4.79 Å². The van der Waals surface area contributed by atoms with Crippen LogP contribution in [-0.4, -0.2) is 34.7 Å². The van der Waals surface area contributed by atoms with Crippen molar-refractivity contribution in [3.63, 3.8) is 0 Å². The summed E-state index contributed by atoms with van der Waals surface area (Å²) in [4.78, 5) is 11.6. The monoisotopic (exact) mass is 256 g/mol. The first-order valence-electron chi connectivity index (χ1n) is 5.81. The van der Waals surface area contributed by atoms with Crippen molar-refractivity contribution in [3.8, 4) is 0 Å². The van der Waals surface area contributed by atoms with Crippen molar-refractivity contribution in [2.45, 2.75) is 25.7 Å². The van der Waals surface area contributed by atoms with Crippen molar-refractivity contribution in [1.29, 1.82) is 0 Å². The second-order valence-electron chi connectivity index (χ2n) is 3.86. The molecule has 4 N–H and O–H groups in total. The number of hydrogen-bond acceptors (Lipinski definition) is 4. The zero-order valence-corrected chi connectivity index (χ0v) is 11.0. The van der Waals surface area contributed by atoms with Crippen LogP contribution >= 0.6 is 11.8 Å². The molecule has 6 heteroatoms. The van der Waals surface area contributed by atoms with Crippen LogP contribution in [0.2, 0.25) is 0 Å². The lowest BCUT2D eigenvalue weighted by Gasteiger charge is -2.04. The van der Waals surface area contributed by atoms with Crippen LogP contribution in [0.5, 0.6) is 0 Å². The van der Waals surface area contributed by atoms with E-state index in [0.29, 0.717) is 17.9 Å². The molecule has 1 rings (SSSR count). The summed E-state index contributed by atoms with van der Waals surface area (Å²) in [6.45, 7) is 0.691. The number of H-pyrrole nitrogens is 1. The van der Waals surface area contributed by atoms with Crippen LogP contribution in [-0.2, 0) is 0 Å². The zero-order valence-electron chi connectivity index (χ0n) is 10.2. The standard InChI is InChI=1S/C11H20N4OS/c1-17-7-5-3-2-4-6-13-11(16)10-9(12)8-14-15-10/h8H,2-7,12H2,1H3,(H,13,16)(H,14,15). The van der Waals surface area contributed by atoms with Crippen molar-refractivity contribution >= 4 is 23.4 Å². The minimum Gasteiger partial charge on any atom is -0.396 e. The molecule has 96 valence electrons. The van der Waals surface area contributed by atoms with Crippen LogP contribution in [0.25, 0.3) is 0 Å². The first kappa shape index (κ1) is 13.9. The molecule has 0 aliphatic carbocycles. The molecule has 0 aliphatic rings. The van der Waals surface area contributed by atoms with Gasteiger partial charge in [0.2, 0.25) is 0 Å². The molecule has 0 atom stereocenters. The van der Waals surface area contributed by atoms with E-state index in [2.05, 4.69) is 21.8 Å². The highest BCUT2D eigenvalue weighted by molar-refractivity contribution is 7.98. The topological polar surface area (TPSA) is 83.8 Å². The number of carbonyl (C=O) groups excluding carboxylic acids is 1. The fourth-order valence-electron chi connectivity index (χ4n) is 1.49. The third kappa shape index (κ3) is 5.12. The molecule has 1 aromatic heterocycles. The van der Waals surface area contributed by atoms with Gasteiger partial charge in [0.05, 0.1) is 11.9 Å². The number of nitrogen functional groups attached to an aromatic ring is 1. The summed E-state index contributed by atoms with van der Waals surface area (Å²) in [7, 11) is 0. The number of nitrogens with zero attached hydrogens (tertiary/aromatic N) is 1. The third-order valence-corrected chi connectivity index (χ3v) is 3.15. The van der Waals surface area contributed by atoms with E-state index < -0.39 is 0 Å². The second-order valence-corrected chi connectivity index (χ2v) is 4.85. The Hall–Kier alpha value is -1.17. The van der Waals surface area contributed by atoms with Crippen LogP contribution in [0.1, 0.15) is 36.2 Å². The Morgan fingerprint density at radius 2 is 2.24 bits per heavy atom. The van der Waals surface area contributed by atoms with Gasteiger partial charge < -0.3 is 11.1 Å². The summed E-state index contributed by atoms with van der Waals surface area (Å²) < 4.78 is 0. The molecule has 1 heterocycles. The van der Waals surface area contributed by atoms with E-state index in [1.165, 1.54) is 24.8 Å². The third-order valence-electron chi connectivity index (χ3n) is 2.46. The molecule has 0 fully saturated rings. The van der Waals surface area contributed by atoms with Gasteiger partial charge in [-0.25, -0.2) is 0 Å². The predicted molar refractivity (Wildman–Crippen MR) is 72.2 cm³/mol. The van der Waals surface area contributed by atoms with Gasteiger partial charge in [-0.1, -0.05) is 12.8 Å². The van der Waals surface area contributed by atoms with E-state index in [1.54, 1.807) is 0 Å². The number of amides is 1. The zero-order chi connectivity index (χ0) is 12.5. The summed E-state index contributed by atoms with van der Waals surface area (Å²) in [5.41, 5.74) is 6.32. The van der Waals surface area contributed by atoms with E-state index in [-0.39, 0.29) is 5.91 Å². The van der Waals surface area contributed by atoms with Crippen LogP contribution in [0.15, 0.2) is 6.20 Å². The molecular formula is C11H20N4OS. The molecule has 5 nitrogen and oxygen atoms in total. The number of thioether (sulfide) groups is 1. The highest BCUT2D eigenvalue weighted by atomic mass is 32.2. The number of rotatable bonds is 8. The predicted octanol–water partition coefficient (Wildman–Crippen LogP) is 1.65. The molecule has 0 aliphatic heterocycles. The van der Waals surface area contributed by atoms with Crippen LogP contribution in [0.4, 0.5) is 5.69 Å². The maximum absolute atomic E-state index is 11.6. The minimum atomic E-state index is -0.177. The van der Waals surface area contributed by atoms with Gasteiger partial charge in [-0.2, -0.15) is 16.9 Å². The summed E-state index contributed by atoms with van der Waals surface area (Å²) in [6.07, 6.45) is 8.20. The summed E-state index contributed by atoms with van der Waals surface area (Å²) in [5, 5.41) is 9.11. The van der Waals surface area contributed by atoms with Gasteiger partial charge >= 0.3 is 0 Å². The number of unbranched alkanes of at least 4 members (excludes halogenated alkanes) is 3. The molecule has 0 saturated heterocycles. The van der Waals surface area contributed by atoms with E-state index >= 15 is 0 Å². The Morgan fingerprint density at radius 1 is 1.47 bits per heavy atom. The second kappa shape index (κ2) is 8.00. The average molecular weight is 256 g/mol. The Bertz CT molecular complexity index is 340. The van der Waals surface area contributed by atoms with Crippen LogP contribution in [0.3, 0.4) is 0 Å². The highest BCUT2D eigenvalue weighted by Crippen LogP contribution is 2.06. The number of hydrogen-bond donors (Lipinski definition) is 3. The van der Waals surface area contributed by atoms with Gasteiger partial charge in [0.1, 0.15) is 5.69 Å². The number of nitrogens with one attached hydrogen (secondary N) is 2. The molecule has 17 heavy (non-hydrogen) atoms. The SMILES string of the molecule is CSCCCCCCNC(=O)c1[nH]ncc1N. The molecule has 0 bridgehead atoms. The molecule has 1 aromatic rings. The van der Waals surface area contributed by atoms with Crippen molar-refractivity contribution in [2.75, 3.05) is 24.3 Å². The first-order chi connectivity index (χ1) is 8.25. The summed E-state index contributed by atoms with van der Waals surface area (Å²) in [6, 6.07) is 0. The van der Waals surface area contributed by atoms with Gasteiger partial charge in [-0.15, -0.1) is 0 Å². The van der Waals surface area contributed by atoms with E-state index in [1.807, 2.05) is 11.8 Å². The number of nitrogens with two attached hydrogens (primary N) is 1. The summed E-state index contributed by atoms with van der Waals surface area (Å²) >= 11 is 1.88. The highest BCUT2D eigenvalue weighted by Gasteiger charge is 2.10. The van der Waals surface area contributed by atoms with E-state index in [0.717, 1.165) is 12.8 Å². The van der Waals surface area contributed by atoms with Gasteiger partial charge in [-0.05, 0) is 24.9 Å². The minimum absolute atomic E-state index is 0.177. The Kier molecular flexibility index (Phi) is 6.54. The average Bonchev–Trinajstić information content (AvgIpc) is 2.74. The smallest absolute Gasteiger partial charge is 0.271 e. The van der Waals surface area contributed by atoms with Crippen molar-refractivity contribution in [2.24, 2.45) is 0 Å². The number of carbonyl (C=O) groups is 1. The van der Waals surface area contributed by atoms with Gasteiger partial charge in [0, 0.05) is 6.54 Å². The molecule has 0 aromatic carbocycles. The van der Waals surface area contributed by atoms with Gasteiger partial charge in [-0.3, -0.25) is 9.89 Å². The molecular weight excluding hydrogens is 236 g/mol. The lowest BCUT2D eigenvalue weighted by atomic mass is 10.2. The fourth-order valence-corrected chi connectivity index (χ4v) is 1.99. The first-order valence-corrected chi connectivity index (χ1v) is 7.21. The Labute approximate surface area is 106 Å².